The van der Waals surface area contributed by atoms with Crippen LogP contribution in [-0.4, -0.2) is 19.4 Å². The number of hydrogen-bond acceptors (Lipinski definition) is 1. The second-order valence-electron chi connectivity index (χ2n) is 13.3. The van der Waals surface area contributed by atoms with Crippen LogP contribution in [0.1, 0.15) is 23.7 Å². The van der Waals surface area contributed by atoms with E-state index in [2.05, 4.69) is 175 Å². The molecule has 0 fully saturated rings. The van der Waals surface area contributed by atoms with Crippen molar-refractivity contribution in [3.8, 4) is 11.4 Å². The Labute approximate surface area is 324 Å². The van der Waals surface area contributed by atoms with Crippen LogP contribution in [0.25, 0.3) is 55.0 Å². The predicted molar refractivity (Wildman–Crippen MR) is 238 cm³/mol. The average molecular weight is 717 g/mol. The van der Waals surface area contributed by atoms with Crippen LogP contribution < -0.4 is 0 Å². The molecule has 9 aromatic rings. The third-order valence-electron chi connectivity index (χ3n) is 9.57. The molecule has 0 aliphatic carbocycles. The number of aromatic nitrogens is 3. The van der Waals surface area contributed by atoms with E-state index in [0.717, 1.165) is 5.56 Å². The van der Waals surface area contributed by atoms with E-state index in [1.165, 1.54) is 66.2 Å². The molecule has 0 amide bonds. The first-order chi connectivity index (χ1) is 26.8. The van der Waals surface area contributed by atoms with Crippen molar-refractivity contribution in [3.63, 3.8) is 0 Å². The van der Waals surface area contributed by atoms with Crippen molar-refractivity contribution in [1.82, 2.24) is 13.7 Å². The Morgan fingerprint density at radius 1 is 0.545 bits per heavy atom. The van der Waals surface area contributed by atoms with Gasteiger partial charge in [0.05, 0.1) is 11.0 Å². The minimum atomic E-state index is 0.621. The highest BCUT2D eigenvalue weighted by Gasteiger charge is 2.13. The zero-order valence-electron chi connectivity index (χ0n) is 32.2. The number of allylic oxidation sites excluding steroid dienone is 4. The Kier molecular flexibility index (Phi) is 12.2. The molecule has 0 saturated carbocycles. The summed E-state index contributed by atoms with van der Waals surface area (Å²) in [6, 6.07) is 54.8. The zero-order valence-corrected chi connectivity index (χ0v) is 32.2. The van der Waals surface area contributed by atoms with E-state index in [1.807, 2.05) is 48.6 Å². The van der Waals surface area contributed by atoms with Gasteiger partial charge >= 0.3 is 0 Å². The lowest BCUT2D eigenvalue weighted by Gasteiger charge is -2.08. The molecule has 0 atom stereocenters. The van der Waals surface area contributed by atoms with Crippen molar-refractivity contribution in [2.45, 2.75) is 20.8 Å². The Bertz CT molecular complexity index is 2710. The van der Waals surface area contributed by atoms with Crippen LogP contribution in [0, 0.1) is 19.3 Å². The van der Waals surface area contributed by atoms with Crippen LogP contribution in [0.4, 0.5) is 0 Å². The molecular weight excluding hydrogens is 669 g/mol. The minimum absolute atomic E-state index is 0.621. The van der Waals surface area contributed by atoms with Crippen molar-refractivity contribution in [1.29, 1.82) is 5.41 Å². The normalized spacial score (nSPS) is 10.7. The second-order valence-corrected chi connectivity index (χ2v) is 13.3. The Morgan fingerprint density at radius 3 is 1.65 bits per heavy atom. The quantitative estimate of drug-likeness (QED) is 0.136. The highest BCUT2D eigenvalue weighted by atomic mass is 15.0. The molecule has 55 heavy (non-hydrogen) atoms. The maximum absolute atomic E-state index is 7.24. The number of fused-ring (bicyclic) bond motifs is 5. The van der Waals surface area contributed by atoms with Crippen molar-refractivity contribution < 1.29 is 0 Å². The molecule has 0 unspecified atom stereocenters. The van der Waals surface area contributed by atoms with Gasteiger partial charge in [-0.3, -0.25) is 0 Å². The van der Waals surface area contributed by atoms with Gasteiger partial charge < -0.3 is 19.1 Å². The molecule has 9 rings (SSSR count). The van der Waals surface area contributed by atoms with Crippen LogP contribution in [0.3, 0.4) is 0 Å². The average Bonchev–Trinajstić information content (AvgIpc) is 3.85. The smallest absolute Gasteiger partial charge is 0.0539 e. The fourth-order valence-corrected chi connectivity index (χ4v) is 6.92. The molecule has 3 heterocycles. The van der Waals surface area contributed by atoms with Crippen LogP contribution in [0.15, 0.2) is 201 Å². The molecule has 0 aliphatic heterocycles. The number of benzene rings is 6. The molecule has 0 radical (unpaired) electrons. The van der Waals surface area contributed by atoms with Crippen molar-refractivity contribution in [2.75, 3.05) is 0 Å². The number of para-hydroxylation sites is 4. The lowest BCUT2D eigenvalue weighted by atomic mass is 10.1. The van der Waals surface area contributed by atoms with Gasteiger partial charge in [-0.15, -0.1) is 0 Å². The molecular formula is C51H48N4. The maximum atomic E-state index is 7.24. The first-order valence-electron chi connectivity index (χ1n) is 18.5. The Balaban J connectivity index is 0.000000142. The molecule has 4 nitrogen and oxygen atoms in total. The topological polar surface area (TPSA) is 38.6 Å². The van der Waals surface area contributed by atoms with E-state index in [1.54, 1.807) is 19.1 Å². The van der Waals surface area contributed by atoms with Gasteiger partial charge in [-0.25, -0.2) is 0 Å². The van der Waals surface area contributed by atoms with E-state index in [9.17, 15) is 0 Å². The lowest BCUT2D eigenvalue weighted by molar-refractivity contribution is 1.01. The first-order valence-corrected chi connectivity index (χ1v) is 18.5. The molecule has 0 aliphatic rings. The van der Waals surface area contributed by atoms with E-state index >= 15 is 0 Å². The van der Waals surface area contributed by atoms with Crippen LogP contribution >= 0.6 is 0 Å². The summed E-state index contributed by atoms with van der Waals surface area (Å²) in [5, 5.41) is 12.5. The monoisotopic (exact) mass is 716 g/mol. The van der Waals surface area contributed by atoms with Crippen molar-refractivity contribution >= 4 is 49.3 Å². The molecule has 272 valence electrons. The number of nitrogens with zero attached hydrogens (tertiary/aromatic N) is 3. The fourth-order valence-electron chi connectivity index (χ4n) is 6.92. The summed E-state index contributed by atoms with van der Waals surface area (Å²) >= 11 is 0. The summed E-state index contributed by atoms with van der Waals surface area (Å²) in [4.78, 5) is 0. The van der Waals surface area contributed by atoms with E-state index in [-0.39, 0.29) is 0 Å². The van der Waals surface area contributed by atoms with Gasteiger partial charge in [0.15, 0.2) is 0 Å². The zero-order chi connectivity index (χ0) is 38.7. The third-order valence-corrected chi connectivity index (χ3v) is 9.57. The molecule has 0 spiro atoms. The van der Waals surface area contributed by atoms with E-state index in [0.29, 0.717) is 5.71 Å². The fraction of sp³-hybridized carbons (Fsp3) is 0.0784. The standard InChI is InChI=1S/C22H18N2.C15H13N.C8H9N.C6H8/c1-15-12-16-13-22-19(18-10-6-7-11-20(18)23(22)2)14-21(16)24(15)17-8-4-3-5-9-17;1-12-11-16(13-7-3-2-4-8-13)15-10-6-5-9-14(12)15;1-7(9)8-5-3-2-4-6-8;1-3-5-6-4-2/h3-14H,1-2H3;2-11H,1H3;2-6,9H,1H3;3-6H,1-2H2/b;;;6-5-. The second kappa shape index (κ2) is 17.7. The molecule has 0 saturated heterocycles. The summed E-state index contributed by atoms with van der Waals surface area (Å²) in [6.07, 6.45) is 9.27. The molecule has 0 bridgehead atoms. The summed E-state index contributed by atoms with van der Waals surface area (Å²) in [7, 11) is 2.15. The maximum Gasteiger partial charge on any atom is 0.0539 e. The number of nitrogens with one attached hydrogen (secondary N) is 1. The van der Waals surface area contributed by atoms with Crippen molar-refractivity contribution in [2.24, 2.45) is 7.05 Å². The van der Waals surface area contributed by atoms with Gasteiger partial charge in [-0.2, -0.15) is 0 Å². The SMILES string of the molecule is C=C/C=C\C=C.CC(=N)c1ccccc1.Cc1cc2cc3c(cc2n1-c1ccccc1)c1ccccc1n3C.Cc1cn(-c2ccccc2)c2ccccc12. The Morgan fingerprint density at radius 2 is 1.07 bits per heavy atom. The first kappa shape index (κ1) is 37.8. The van der Waals surface area contributed by atoms with Gasteiger partial charge in [0.2, 0.25) is 0 Å². The van der Waals surface area contributed by atoms with Crippen LogP contribution in [0.2, 0.25) is 0 Å². The largest absolute Gasteiger partial charge is 0.344 e. The van der Waals surface area contributed by atoms with E-state index in [4.69, 9.17) is 5.41 Å². The van der Waals surface area contributed by atoms with Crippen LogP contribution in [-0.2, 0) is 7.05 Å². The van der Waals surface area contributed by atoms with Crippen molar-refractivity contribution in [3.05, 3.63) is 218 Å². The highest BCUT2D eigenvalue weighted by Crippen LogP contribution is 2.34. The summed E-state index contributed by atoms with van der Waals surface area (Å²) < 4.78 is 6.88. The Hall–Kier alpha value is -6.91. The molecule has 6 aromatic carbocycles. The van der Waals surface area contributed by atoms with E-state index < -0.39 is 0 Å². The predicted octanol–water partition coefficient (Wildman–Crippen LogP) is 13.5. The third kappa shape index (κ3) is 8.51. The molecule has 1 N–H and O–H groups in total. The van der Waals surface area contributed by atoms with Gasteiger partial charge in [0, 0.05) is 68.6 Å². The number of aryl methyl sites for hydroxylation is 3. The minimum Gasteiger partial charge on any atom is -0.344 e. The number of hydrogen-bond donors (Lipinski definition) is 1. The summed E-state index contributed by atoms with van der Waals surface area (Å²) in [5.74, 6) is 0. The van der Waals surface area contributed by atoms with Gasteiger partial charge in [-0.1, -0.05) is 141 Å². The van der Waals surface area contributed by atoms with Crippen LogP contribution in [0.5, 0.6) is 0 Å². The van der Waals surface area contributed by atoms with Gasteiger partial charge in [0.1, 0.15) is 0 Å². The molecule has 3 aromatic heterocycles. The summed E-state index contributed by atoms with van der Waals surface area (Å²) in [5.41, 5.74) is 11.7. The van der Waals surface area contributed by atoms with Gasteiger partial charge in [0.25, 0.3) is 0 Å². The highest BCUT2D eigenvalue weighted by molar-refractivity contribution is 6.12. The molecule has 4 heteroatoms. The summed E-state index contributed by atoms with van der Waals surface area (Å²) in [6.45, 7) is 13.0. The lowest BCUT2D eigenvalue weighted by Crippen LogP contribution is -1.95. The van der Waals surface area contributed by atoms with Gasteiger partial charge in [-0.05, 0) is 86.5 Å². The number of rotatable bonds is 5.